The first-order chi connectivity index (χ1) is 9.76. The number of terminal acetylenes is 1. The lowest BCUT2D eigenvalue weighted by molar-refractivity contribution is -0.130. The van der Waals surface area contributed by atoms with Gasteiger partial charge in [0, 0.05) is 26.6 Å². The first-order valence-electron chi connectivity index (χ1n) is 6.98. The summed E-state index contributed by atoms with van der Waals surface area (Å²) in [6.07, 6.45) is 5.51. The van der Waals surface area contributed by atoms with Crippen LogP contribution in [0.15, 0.2) is 0 Å². The van der Waals surface area contributed by atoms with E-state index in [1.165, 1.54) is 0 Å². The molecule has 21 heavy (non-hydrogen) atoms. The SMILES string of the molecule is C#CCOCCN(C)C(=O)CCCNC(=O)OC(C)(C)C. The van der Waals surface area contributed by atoms with E-state index in [2.05, 4.69) is 11.2 Å². The number of alkyl carbamates (subject to hydrolysis) is 1. The second kappa shape index (κ2) is 10.1. The predicted octanol–water partition coefficient (Wildman–Crippen LogP) is 1.40. The largest absolute Gasteiger partial charge is 0.444 e. The zero-order valence-electron chi connectivity index (χ0n) is 13.4. The van der Waals surface area contributed by atoms with Gasteiger partial charge >= 0.3 is 6.09 Å². The van der Waals surface area contributed by atoms with Crippen molar-refractivity contribution in [1.82, 2.24) is 10.2 Å². The molecular weight excluding hydrogens is 272 g/mol. The average Bonchev–Trinajstić information content (AvgIpc) is 2.37. The molecule has 0 rings (SSSR count). The minimum Gasteiger partial charge on any atom is -0.444 e. The highest BCUT2D eigenvalue weighted by Crippen LogP contribution is 2.06. The summed E-state index contributed by atoms with van der Waals surface area (Å²) in [5.41, 5.74) is -0.515. The van der Waals surface area contributed by atoms with Crippen LogP contribution in [0.25, 0.3) is 0 Å². The van der Waals surface area contributed by atoms with Crippen LogP contribution in [0.5, 0.6) is 0 Å². The van der Waals surface area contributed by atoms with Gasteiger partial charge in [-0.1, -0.05) is 5.92 Å². The summed E-state index contributed by atoms with van der Waals surface area (Å²) in [6.45, 7) is 6.97. The van der Waals surface area contributed by atoms with Gasteiger partial charge in [0.1, 0.15) is 12.2 Å². The normalized spacial score (nSPS) is 10.6. The average molecular weight is 298 g/mol. The number of likely N-dealkylation sites (N-methyl/N-ethyl adjacent to an activating group) is 1. The van der Waals surface area contributed by atoms with E-state index in [0.29, 0.717) is 32.5 Å². The second-order valence-corrected chi connectivity index (χ2v) is 5.60. The second-order valence-electron chi connectivity index (χ2n) is 5.60. The Balaban J connectivity index is 3.70. The third-order valence-electron chi connectivity index (χ3n) is 2.42. The Morgan fingerprint density at radius 2 is 2.00 bits per heavy atom. The van der Waals surface area contributed by atoms with Crippen molar-refractivity contribution in [2.45, 2.75) is 39.2 Å². The van der Waals surface area contributed by atoms with Gasteiger partial charge in [0.05, 0.1) is 6.61 Å². The van der Waals surface area contributed by atoms with Crippen molar-refractivity contribution in [2.24, 2.45) is 0 Å². The molecule has 0 aliphatic carbocycles. The van der Waals surface area contributed by atoms with E-state index in [4.69, 9.17) is 15.9 Å². The van der Waals surface area contributed by atoms with Crippen LogP contribution in [0.1, 0.15) is 33.6 Å². The lowest BCUT2D eigenvalue weighted by Crippen LogP contribution is -2.34. The van der Waals surface area contributed by atoms with E-state index >= 15 is 0 Å². The highest BCUT2D eigenvalue weighted by molar-refractivity contribution is 5.75. The molecule has 0 spiro atoms. The van der Waals surface area contributed by atoms with Gasteiger partial charge in [-0.2, -0.15) is 0 Å². The fourth-order valence-corrected chi connectivity index (χ4v) is 1.39. The molecule has 0 aromatic heterocycles. The number of hydrogen-bond donors (Lipinski definition) is 1. The van der Waals surface area contributed by atoms with Gasteiger partial charge in [0.25, 0.3) is 0 Å². The van der Waals surface area contributed by atoms with Crippen molar-refractivity contribution >= 4 is 12.0 Å². The van der Waals surface area contributed by atoms with Gasteiger partial charge in [0.15, 0.2) is 0 Å². The summed E-state index contributed by atoms with van der Waals surface area (Å²) in [5, 5.41) is 2.61. The van der Waals surface area contributed by atoms with Crippen molar-refractivity contribution in [3.8, 4) is 12.3 Å². The molecule has 6 nitrogen and oxygen atoms in total. The Morgan fingerprint density at radius 3 is 2.57 bits per heavy atom. The molecule has 0 atom stereocenters. The molecule has 0 aromatic carbocycles. The Kier molecular flexibility index (Phi) is 9.22. The van der Waals surface area contributed by atoms with E-state index in [9.17, 15) is 9.59 Å². The third kappa shape index (κ3) is 11.8. The highest BCUT2D eigenvalue weighted by Gasteiger charge is 2.15. The Bertz CT molecular complexity index is 369. The molecule has 0 aliphatic heterocycles. The fraction of sp³-hybridized carbons (Fsp3) is 0.733. The number of rotatable bonds is 8. The van der Waals surface area contributed by atoms with Crippen molar-refractivity contribution in [2.75, 3.05) is 33.4 Å². The first-order valence-corrected chi connectivity index (χ1v) is 6.98. The van der Waals surface area contributed by atoms with Crippen molar-refractivity contribution < 1.29 is 19.1 Å². The zero-order valence-corrected chi connectivity index (χ0v) is 13.4. The summed E-state index contributed by atoms with van der Waals surface area (Å²) < 4.78 is 10.2. The minimum atomic E-state index is -0.515. The molecule has 120 valence electrons. The molecule has 0 saturated heterocycles. The molecule has 0 saturated carbocycles. The molecule has 0 heterocycles. The maximum absolute atomic E-state index is 11.8. The van der Waals surface area contributed by atoms with Gasteiger partial charge < -0.3 is 19.7 Å². The maximum atomic E-state index is 11.8. The summed E-state index contributed by atoms with van der Waals surface area (Å²) in [7, 11) is 1.71. The maximum Gasteiger partial charge on any atom is 0.407 e. The highest BCUT2D eigenvalue weighted by atomic mass is 16.6. The zero-order chi connectivity index (χ0) is 16.3. The van der Waals surface area contributed by atoms with Crippen LogP contribution in [-0.2, 0) is 14.3 Å². The smallest absolute Gasteiger partial charge is 0.407 e. The molecule has 0 bridgehead atoms. The minimum absolute atomic E-state index is 0.00490. The molecule has 1 N–H and O–H groups in total. The lowest BCUT2D eigenvalue weighted by Gasteiger charge is -2.20. The number of carbonyl (C=O) groups excluding carboxylic acids is 2. The van der Waals surface area contributed by atoms with Crippen molar-refractivity contribution in [3.63, 3.8) is 0 Å². The van der Waals surface area contributed by atoms with Crippen LogP contribution < -0.4 is 5.32 Å². The lowest BCUT2D eigenvalue weighted by atomic mass is 10.2. The fourth-order valence-electron chi connectivity index (χ4n) is 1.39. The summed E-state index contributed by atoms with van der Waals surface area (Å²) >= 11 is 0. The third-order valence-corrected chi connectivity index (χ3v) is 2.42. The molecule has 0 radical (unpaired) electrons. The molecule has 0 unspecified atom stereocenters. The van der Waals surface area contributed by atoms with Gasteiger partial charge in [-0.25, -0.2) is 4.79 Å². The van der Waals surface area contributed by atoms with Crippen LogP contribution in [0.4, 0.5) is 4.79 Å². The van der Waals surface area contributed by atoms with E-state index in [-0.39, 0.29) is 12.5 Å². The molecule has 6 heteroatoms. The topological polar surface area (TPSA) is 67.9 Å². The van der Waals surface area contributed by atoms with Crippen LogP contribution in [0.3, 0.4) is 0 Å². The van der Waals surface area contributed by atoms with E-state index in [1.54, 1.807) is 32.7 Å². The Labute approximate surface area is 127 Å². The molecule has 2 amide bonds. The van der Waals surface area contributed by atoms with Gasteiger partial charge in [-0.3, -0.25) is 4.79 Å². The number of ether oxygens (including phenoxy) is 2. The van der Waals surface area contributed by atoms with Crippen LogP contribution in [0, 0.1) is 12.3 Å². The first kappa shape index (κ1) is 19.3. The number of nitrogens with zero attached hydrogens (tertiary/aromatic N) is 1. The van der Waals surface area contributed by atoms with Gasteiger partial charge in [-0.05, 0) is 27.2 Å². The molecular formula is C15H26N2O4. The van der Waals surface area contributed by atoms with E-state index in [1.807, 2.05) is 0 Å². The number of amides is 2. The van der Waals surface area contributed by atoms with Crippen molar-refractivity contribution in [3.05, 3.63) is 0 Å². The summed E-state index contributed by atoms with van der Waals surface area (Å²) in [4.78, 5) is 24.7. The van der Waals surface area contributed by atoms with Crippen LogP contribution in [0.2, 0.25) is 0 Å². The Morgan fingerprint density at radius 1 is 1.33 bits per heavy atom. The number of hydrogen-bond acceptors (Lipinski definition) is 4. The van der Waals surface area contributed by atoms with Crippen molar-refractivity contribution in [1.29, 1.82) is 0 Å². The quantitative estimate of drug-likeness (QED) is 0.543. The predicted molar refractivity (Wildman–Crippen MR) is 80.8 cm³/mol. The standard InChI is InChI=1S/C15H26N2O4/c1-6-11-20-12-10-17(5)13(18)8-7-9-16-14(19)21-15(2,3)4/h1H,7-12H2,2-5H3,(H,16,19). The summed E-state index contributed by atoms with van der Waals surface area (Å²) in [5.74, 6) is 2.37. The van der Waals surface area contributed by atoms with Gasteiger partial charge in [-0.15, -0.1) is 6.42 Å². The van der Waals surface area contributed by atoms with Gasteiger partial charge in [0.2, 0.25) is 5.91 Å². The summed E-state index contributed by atoms with van der Waals surface area (Å²) in [6, 6.07) is 0. The molecule has 0 aromatic rings. The molecule has 0 aliphatic rings. The van der Waals surface area contributed by atoms with Crippen LogP contribution in [-0.4, -0.2) is 55.9 Å². The van der Waals surface area contributed by atoms with E-state index < -0.39 is 11.7 Å². The number of carbonyl (C=O) groups is 2. The Hall–Kier alpha value is -1.74. The molecule has 0 fully saturated rings. The van der Waals surface area contributed by atoms with E-state index in [0.717, 1.165) is 0 Å². The monoisotopic (exact) mass is 298 g/mol. The number of nitrogens with one attached hydrogen (secondary N) is 1. The van der Waals surface area contributed by atoms with Crippen LogP contribution >= 0.6 is 0 Å².